The number of phenolic OH excluding ortho intramolecular Hbond substituents is 2. The number of anilines is 2. The van der Waals surface area contributed by atoms with Crippen LogP contribution in [0.2, 0.25) is 0 Å². The largest absolute Gasteiger partial charge is 0.508 e. The summed E-state index contributed by atoms with van der Waals surface area (Å²) in [6, 6.07) is 4.27. The van der Waals surface area contributed by atoms with E-state index in [9.17, 15) is 10.2 Å². The number of aromatic nitrogens is 4. The lowest BCUT2D eigenvalue weighted by Gasteiger charge is -2.23. The molecule has 25 heavy (non-hydrogen) atoms. The first kappa shape index (κ1) is 16.0. The number of hydrogen-bond donors (Lipinski definition) is 4. The summed E-state index contributed by atoms with van der Waals surface area (Å²) in [4.78, 5) is 13.1. The van der Waals surface area contributed by atoms with Gasteiger partial charge in [-0.3, -0.25) is 4.57 Å². The van der Waals surface area contributed by atoms with E-state index in [1.807, 2.05) is 4.57 Å². The van der Waals surface area contributed by atoms with Gasteiger partial charge in [-0.25, -0.2) is 15.0 Å². The average Bonchev–Trinajstić information content (AvgIpc) is 3.02. The minimum atomic E-state index is -0.101. The van der Waals surface area contributed by atoms with E-state index in [0.717, 1.165) is 25.9 Å². The zero-order chi connectivity index (χ0) is 17.4. The number of aromatic hydroxyl groups is 2. The summed E-state index contributed by atoms with van der Waals surface area (Å²) in [6.07, 6.45) is 4.64. The molecule has 0 bridgehead atoms. The molecule has 1 aliphatic rings. The fourth-order valence-corrected chi connectivity index (χ4v) is 3.09. The van der Waals surface area contributed by atoms with Crippen LogP contribution in [0.5, 0.6) is 11.5 Å². The normalized spacial score (nSPS) is 17.7. The quantitative estimate of drug-likeness (QED) is 0.247. The lowest BCUT2D eigenvalue weighted by Crippen LogP contribution is -2.17. The van der Waals surface area contributed by atoms with Crippen molar-refractivity contribution in [2.75, 3.05) is 11.9 Å². The molecule has 0 amide bonds. The van der Waals surface area contributed by atoms with E-state index < -0.39 is 0 Å². The van der Waals surface area contributed by atoms with Crippen LogP contribution in [0.3, 0.4) is 0 Å². The molecule has 2 aromatic heterocycles. The maximum absolute atomic E-state index is 9.97. The van der Waals surface area contributed by atoms with E-state index >= 15 is 0 Å². The predicted octanol–water partition coefficient (Wildman–Crippen LogP) is 2.97. The number of imidazole rings is 1. The van der Waals surface area contributed by atoms with E-state index in [0.29, 0.717) is 22.7 Å². The first-order chi connectivity index (χ1) is 12.1. The fraction of sp³-hybridized carbons (Fsp3) is 0.312. The van der Waals surface area contributed by atoms with Gasteiger partial charge in [0.1, 0.15) is 17.7 Å². The van der Waals surface area contributed by atoms with Crippen LogP contribution >= 0.6 is 12.6 Å². The van der Waals surface area contributed by atoms with Crippen molar-refractivity contribution in [1.29, 1.82) is 0 Å². The summed E-state index contributed by atoms with van der Waals surface area (Å²) in [5.74, 6) is 0.303. The first-order valence-corrected chi connectivity index (χ1v) is 8.40. The van der Waals surface area contributed by atoms with Crippen molar-refractivity contribution < 1.29 is 14.9 Å². The summed E-state index contributed by atoms with van der Waals surface area (Å²) in [5, 5.41) is 22.7. The monoisotopic (exact) mass is 359 g/mol. The van der Waals surface area contributed by atoms with Gasteiger partial charge in [0.15, 0.2) is 22.1 Å². The van der Waals surface area contributed by atoms with Gasteiger partial charge in [-0.15, -0.1) is 12.6 Å². The van der Waals surface area contributed by atoms with Gasteiger partial charge in [-0.2, -0.15) is 0 Å². The molecule has 1 saturated heterocycles. The van der Waals surface area contributed by atoms with Crippen LogP contribution in [0.1, 0.15) is 25.5 Å². The summed E-state index contributed by atoms with van der Waals surface area (Å²) in [5.41, 5.74) is 1.57. The molecule has 4 rings (SSSR count). The molecule has 1 unspecified atom stereocenters. The van der Waals surface area contributed by atoms with E-state index in [2.05, 4.69) is 32.9 Å². The first-order valence-electron chi connectivity index (χ1n) is 7.96. The highest BCUT2D eigenvalue weighted by Crippen LogP contribution is 2.33. The van der Waals surface area contributed by atoms with Crippen LogP contribution in [-0.4, -0.2) is 36.3 Å². The second-order valence-corrected chi connectivity index (χ2v) is 6.24. The number of rotatable bonds is 3. The number of nitrogens with one attached hydrogen (secondary N) is 1. The Balaban J connectivity index is 1.75. The van der Waals surface area contributed by atoms with E-state index in [1.165, 1.54) is 12.1 Å². The standard InChI is InChI=1S/C16H17N5O3S/c22-9-4-5-10(11(23)7-9)18-14-13-15(20-16(25)19-14)21(8-17-13)12-3-1-2-6-24-12/h4-5,7-8,12,22-23H,1-3,6H2,(H2,18,19,20,25). The second-order valence-electron chi connectivity index (χ2n) is 5.84. The molecule has 0 spiro atoms. The molecule has 1 atom stereocenters. The minimum Gasteiger partial charge on any atom is -0.508 e. The van der Waals surface area contributed by atoms with Crippen molar-refractivity contribution >= 4 is 35.3 Å². The molecule has 3 N–H and O–H groups in total. The SMILES string of the molecule is Oc1ccc(Nc2nc(S)nc3c2ncn3C2CCCCO2)c(O)c1. The van der Waals surface area contributed by atoms with Crippen molar-refractivity contribution in [3.8, 4) is 11.5 Å². The van der Waals surface area contributed by atoms with Crippen LogP contribution in [-0.2, 0) is 4.74 Å². The van der Waals surface area contributed by atoms with Gasteiger partial charge in [0.25, 0.3) is 0 Å². The highest BCUT2D eigenvalue weighted by atomic mass is 32.1. The van der Waals surface area contributed by atoms with E-state index in [-0.39, 0.29) is 22.9 Å². The van der Waals surface area contributed by atoms with Crippen molar-refractivity contribution in [3.05, 3.63) is 24.5 Å². The van der Waals surface area contributed by atoms with Gasteiger partial charge in [0.2, 0.25) is 0 Å². The van der Waals surface area contributed by atoms with Crippen LogP contribution < -0.4 is 5.32 Å². The lowest BCUT2D eigenvalue weighted by molar-refractivity contribution is -0.0298. The average molecular weight is 359 g/mol. The number of benzene rings is 1. The Kier molecular flexibility index (Phi) is 4.10. The Morgan fingerprint density at radius 1 is 1.24 bits per heavy atom. The van der Waals surface area contributed by atoms with Crippen molar-refractivity contribution in [1.82, 2.24) is 19.5 Å². The smallest absolute Gasteiger partial charge is 0.188 e. The molecule has 1 aromatic carbocycles. The zero-order valence-corrected chi connectivity index (χ0v) is 14.1. The zero-order valence-electron chi connectivity index (χ0n) is 13.3. The molecule has 8 nitrogen and oxygen atoms in total. The Morgan fingerprint density at radius 2 is 2.12 bits per heavy atom. The van der Waals surface area contributed by atoms with E-state index in [1.54, 1.807) is 12.4 Å². The van der Waals surface area contributed by atoms with Gasteiger partial charge >= 0.3 is 0 Å². The number of thiol groups is 1. The number of fused-ring (bicyclic) bond motifs is 1. The molecule has 130 valence electrons. The van der Waals surface area contributed by atoms with Crippen LogP contribution in [0, 0.1) is 0 Å². The third-order valence-electron chi connectivity index (χ3n) is 4.11. The Bertz CT molecular complexity index is 924. The highest BCUT2D eigenvalue weighted by Gasteiger charge is 2.21. The summed E-state index contributed by atoms with van der Waals surface area (Å²) in [7, 11) is 0. The second kappa shape index (κ2) is 6.41. The summed E-state index contributed by atoms with van der Waals surface area (Å²) < 4.78 is 7.70. The third kappa shape index (κ3) is 3.08. The summed E-state index contributed by atoms with van der Waals surface area (Å²) in [6.45, 7) is 0.718. The molecular formula is C16H17N5O3S. The topological polar surface area (TPSA) is 105 Å². The van der Waals surface area contributed by atoms with Gasteiger partial charge in [-0.05, 0) is 31.4 Å². The minimum absolute atomic E-state index is 0.0236. The Morgan fingerprint density at radius 3 is 2.88 bits per heavy atom. The maximum Gasteiger partial charge on any atom is 0.188 e. The molecule has 1 aliphatic heterocycles. The molecule has 3 aromatic rings. The van der Waals surface area contributed by atoms with Crippen LogP contribution in [0.15, 0.2) is 29.7 Å². The number of hydrogen-bond acceptors (Lipinski definition) is 8. The number of phenols is 2. The molecule has 3 heterocycles. The van der Waals surface area contributed by atoms with Crippen molar-refractivity contribution in [2.45, 2.75) is 30.6 Å². The van der Waals surface area contributed by atoms with Crippen molar-refractivity contribution in [2.24, 2.45) is 0 Å². The predicted molar refractivity (Wildman–Crippen MR) is 94.5 cm³/mol. The van der Waals surface area contributed by atoms with Crippen molar-refractivity contribution in [3.63, 3.8) is 0 Å². The Labute approximate surface area is 148 Å². The van der Waals surface area contributed by atoms with Gasteiger partial charge < -0.3 is 20.3 Å². The highest BCUT2D eigenvalue weighted by molar-refractivity contribution is 7.80. The number of ether oxygens (including phenoxy) is 1. The maximum atomic E-state index is 9.97. The molecule has 9 heteroatoms. The number of nitrogens with zero attached hydrogens (tertiary/aromatic N) is 4. The molecule has 1 fully saturated rings. The molecule has 0 aliphatic carbocycles. The van der Waals surface area contributed by atoms with Gasteiger partial charge in [0.05, 0.1) is 12.0 Å². The molecular weight excluding hydrogens is 342 g/mol. The summed E-state index contributed by atoms with van der Waals surface area (Å²) >= 11 is 4.28. The third-order valence-corrected chi connectivity index (χ3v) is 4.31. The van der Waals surface area contributed by atoms with Crippen LogP contribution in [0.25, 0.3) is 11.2 Å². The van der Waals surface area contributed by atoms with Gasteiger partial charge in [-0.1, -0.05) is 0 Å². The van der Waals surface area contributed by atoms with Gasteiger partial charge in [0, 0.05) is 12.7 Å². The molecule has 0 saturated carbocycles. The van der Waals surface area contributed by atoms with Crippen LogP contribution in [0.4, 0.5) is 11.5 Å². The fourth-order valence-electron chi connectivity index (χ4n) is 2.90. The Hall–Kier alpha value is -2.52. The lowest BCUT2D eigenvalue weighted by atomic mass is 10.2. The molecule has 0 radical (unpaired) electrons. The van der Waals surface area contributed by atoms with E-state index in [4.69, 9.17) is 4.74 Å².